The SMILES string of the molecule is COc1cc(/C=C(/C#N)Cn2cnc3ccccc32)ccc1OCc1ccccc1. The highest BCUT2D eigenvalue weighted by molar-refractivity contribution is 5.75. The van der Waals surface area contributed by atoms with E-state index in [2.05, 4.69) is 11.1 Å². The number of imidazole rings is 1. The van der Waals surface area contributed by atoms with E-state index >= 15 is 0 Å². The van der Waals surface area contributed by atoms with E-state index < -0.39 is 0 Å². The van der Waals surface area contributed by atoms with Crippen LogP contribution in [0.15, 0.2) is 84.7 Å². The van der Waals surface area contributed by atoms with Crippen molar-refractivity contribution in [3.05, 3.63) is 95.8 Å². The number of rotatable bonds is 7. The van der Waals surface area contributed by atoms with E-state index in [0.717, 1.165) is 22.2 Å². The van der Waals surface area contributed by atoms with Gasteiger partial charge >= 0.3 is 0 Å². The second-order valence-corrected chi connectivity index (χ2v) is 6.83. The van der Waals surface area contributed by atoms with Gasteiger partial charge in [0.1, 0.15) is 6.61 Å². The molecule has 1 aromatic heterocycles. The van der Waals surface area contributed by atoms with Crippen molar-refractivity contribution < 1.29 is 9.47 Å². The molecule has 0 aliphatic rings. The summed E-state index contributed by atoms with van der Waals surface area (Å²) in [5.74, 6) is 1.29. The summed E-state index contributed by atoms with van der Waals surface area (Å²) in [6.07, 6.45) is 3.62. The van der Waals surface area contributed by atoms with Gasteiger partial charge in [0.05, 0.1) is 37.1 Å². The fourth-order valence-electron chi connectivity index (χ4n) is 3.26. The number of aromatic nitrogens is 2. The minimum Gasteiger partial charge on any atom is -0.493 e. The Bertz CT molecular complexity index is 1220. The Hall–Kier alpha value is -4.04. The van der Waals surface area contributed by atoms with Gasteiger partial charge in [0, 0.05) is 5.57 Å². The third-order valence-corrected chi connectivity index (χ3v) is 4.78. The zero-order valence-electron chi connectivity index (χ0n) is 16.7. The van der Waals surface area contributed by atoms with Crippen LogP contribution in [-0.4, -0.2) is 16.7 Å². The van der Waals surface area contributed by atoms with Crippen LogP contribution in [0.3, 0.4) is 0 Å². The molecule has 0 bridgehead atoms. The number of fused-ring (bicyclic) bond motifs is 1. The lowest BCUT2D eigenvalue weighted by molar-refractivity contribution is 0.284. The first-order valence-electron chi connectivity index (χ1n) is 9.62. The van der Waals surface area contributed by atoms with Crippen LogP contribution in [0.2, 0.25) is 0 Å². The minimum atomic E-state index is 0.450. The van der Waals surface area contributed by atoms with E-state index in [9.17, 15) is 5.26 Å². The van der Waals surface area contributed by atoms with Gasteiger partial charge < -0.3 is 14.0 Å². The van der Waals surface area contributed by atoms with Crippen LogP contribution in [0, 0.1) is 11.3 Å². The van der Waals surface area contributed by atoms with Crippen LogP contribution in [0.1, 0.15) is 11.1 Å². The van der Waals surface area contributed by atoms with Gasteiger partial charge in [-0.3, -0.25) is 0 Å². The molecule has 0 N–H and O–H groups in total. The molecule has 5 heteroatoms. The first-order chi connectivity index (χ1) is 14.8. The molecule has 1 heterocycles. The van der Waals surface area contributed by atoms with Crippen LogP contribution in [0.25, 0.3) is 17.1 Å². The molecule has 0 radical (unpaired) electrons. The van der Waals surface area contributed by atoms with Gasteiger partial charge in [-0.2, -0.15) is 5.26 Å². The maximum atomic E-state index is 9.64. The van der Waals surface area contributed by atoms with Crippen molar-refractivity contribution in [1.82, 2.24) is 9.55 Å². The lowest BCUT2D eigenvalue weighted by Crippen LogP contribution is -1.99. The van der Waals surface area contributed by atoms with Crippen molar-refractivity contribution in [3.63, 3.8) is 0 Å². The lowest BCUT2D eigenvalue weighted by Gasteiger charge is -2.12. The summed E-state index contributed by atoms with van der Waals surface area (Å²) >= 11 is 0. The quantitative estimate of drug-likeness (QED) is 0.402. The summed E-state index contributed by atoms with van der Waals surface area (Å²) in [5, 5.41) is 9.64. The van der Waals surface area contributed by atoms with E-state index in [0.29, 0.717) is 30.2 Å². The monoisotopic (exact) mass is 395 g/mol. The number of para-hydroxylation sites is 2. The molecular weight excluding hydrogens is 374 g/mol. The second-order valence-electron chi connectivity index (χ2n) is 6.83. The number of hydrogen-bond donors (Lipinski definition) is 0. The van der Waals surface area contributed by atoms with Gasteiger partial charge in [-0.05, 0) is 41.5 Å². The molecule has 4 rings (SSSR count). The summed E-state index contributed by atoms with van der Waals surface area (Å²) in [7, 11) is 1.61. The Kier molecular flexibility index (Phi) is 5.77. The Morgan fingerprint density at radius 2 is 1.83 bits per heavy atom. The van der Waals surface area contributed by atoms with Crippen LogP contribution < -0.4 is 9.47 Å². The molecule has 0 unspecified atom stereocenters. The smallest absolute Gasteiger partial charge is 0.161 e. The summed E-state index contributed by atoms with van der Waals surface area (Å²) in [5.41, 5.74) is 4.50. The van der Waals surface area contributed by atoms with Crippen LogP contribution >= 0.6 is 0 Å². The van der Waals surface area contributed by atoms with Crippen LogP contribution in [-0.2, 0) is 13.2 Å². The first kappa shape index (κ1) is 19.3. The molecule has 3 aromatic carbocycles. The summed E-state index contributed by atoms with van der Waals surface area (Å²) < 4.78 is 13.4. The van der Waals surface area contributed by atoms with Crippen molar-refractivity contribution >= 4 is 17.1 Å². The van der Waals surface area contributed by atoms with Crippen LogP contribution in [0.4, 0.5) is 0 Å². The molecule has 0 spiro atoms. The van der Waals surface area contributed by atoms with E-state index in [-0.39, 0.29) is 0 Å². The maximum Gasteiger partial charge on any atom is 0.161 e. The molecule has 0 atom stereocenters. The number of nitrogens with zero attached hydrogens (tertiary/aromatic N) is 3. The topological polar surface area (TPSA) is 60.1 Å². The van der Waals surface area contributed by atoms with Gasteiger partial charge in [-0.1, -0.05) is 48.5 Å². The number of ether oxygens (including phenoxy) is 2. The largest absolute Gasteiger partial charge is 0.493 e. The highest BCUT2D eigenvalue weighted by atomic mass is 16.5. The molecule has 0 saturated carbocycles. The van der Waals surface area contributed by atoms with E-state index in [1.807, 2.05) is 83.4 Å². The molecule has 4 aromatic rings. The number of hydrogen-bond acceptors (Lipinski definition) is 4. The van der Waals surface area contributed by atoms with Crippen molar-refractivity contribution in [2.24, 2.45) is 0 Å². The van der Waals surface area contributed by atoms with Crippen LogP contribution in [0.5, 0.6) is 11.5 Å². The molecule has 0 saturated heterocycles. The molecule has 5 nitrogen and oxygen atoms in total. The van der Waals surface area contributed by atoms with Crippen molar-refractivity contribution in [2.75, 3.05) is 7.11 Å². The third-order valence-electron chi connectivity index (χ3n) is 4.78. The van der Waals surface area contributed by atoms with Gasteiger partial charge in [0.25, 0.3) is 0 Å². The Labute approximate surface area is 175 Å². The predicted molar refractivity (Wildman–Crippen MR) is 117 cm³/mol. The number of nitriles is 1. The van der Waals surface area contributed by atoms with Crippen molar-refractivity contribution in [2.45, 2.75) is 13.2 Å². The molecule has 0 aliphatic carbocycles. The zero-order valence-corrected chi connectivity index (χ0v) is 16.7. The molecule has 30 heavy (non-hydrogen) atoms. The fraction of sp³-hybridized carbons (Fsp3) is 0.120. The average molecular weight is 395 g/mol. The second kappa shape index (κ2) is 8.97. The zero-order chi connectivity index (χ0) is 20.8. The summed E-state index contributed by atoms with van der Waals surface area (Å²) in [6, 6.07) is 25.8. The predicted octanol–water partition coefficient (Wildman–Crippen LogP) is 5.23. The average Bonchev–Trinajstić information content (AvgIpc) is 3.21. The molecule has 0 fully saturated rings. The number of allylic oxidation sites excluding steroid dienone is 1. The third kappa shape index (κ3) is 4.34. The summed E-state index contributed by atoms with van der Waals surface area (Å²) in [6.45, 7) is 0.912. The minimum absolute atomic E-state index is 0.450. The van der Waals surface area contributed by atoms with Gasteiger partial charge in [0.15, 0.2) is 11.5 Å². The number of methoxy groups -OCH3 is 1. The highest BCUT2D eigenvalue weighted by Gasteiger charge is 2.08. The molecular formula is C25H21N3O2. The normalized spacial score (nSPS) is 11.3. The van der Waals surface area contributed by atoms with Gasteiger partial charge in [-0.25, -0.2) is 4.98 Å². The molecule has 0 aliphatic heterocycles. The van der Waals surface area contributed by atoms with E-state index in [4.69, 9.17) is 9.47 Å². The maximum absolute atomic E-state index is 9.64. The fourth-order valence-corrected chi connectivity index (χ4v) is 3.26. The first-order valence-corrected chi connectivity index (χ1v) is 9.62. The van der Waals surface area contributed by atoms with E-state index in [1.54, 1.807) is 13.4 Å². The van der Waals surface area contributed by atoms with Gasteiger partial charge in [0.2, 0.25) is 0 Å². The molecule has 148 valence electrons. The lowest BCUT2D eigenvalue weighted by atomic mass is 10.1. The van der Waals surface area contributed by atoms with Gasteiger partial charge in [-0.15, -0.1) is 0 Å². The Morgan fingerprint density at radius 1 is 1.03 bits per heavy atom. The molecule has 0 amide bonds. The Balaban J connectivity index is 1.53. The van der Waals surface area contributed by atoms with Crippen molar-refractivity contribution in [3.8, 4) is 17.6 Å². The van der Waals surface area contributed by atoms with E-state index in [1.165, 1.54) is 0 Å². The van der Waals surface area contributed by atoms with Crippen molar-refractivity contribution in [1.29, 1.82) is 5.26 Å². The summed E-state index contributed by atoms with van der Waals surface area (Å²) in [4.78, 5) is 4.39. The highest BCUT2D eigenvalue weighted by Crippen LogP contribution is 2.30. The standard InChI is InChI=1S/C25H21N3O2/c1-29-25-14-20(11-12-24(25)30-17-19-7-3-2-4-8-19)13-21(15-26)16-28-18-27-22-9-5-6-10-23(22)28/h2-14,18H,16-17H2,1H3/b21-13-. The Morgan fingerprint density at radius 3 is 2.63 bits per heavy atom. The number of benzene rings is 3.